The van der Waals surface area contributed by atoms with Gasteiger partial charge in [0.2, 0.25) is 0 Å². The number of Topliss-reactive ketones (excluding diaryl/α,β-unsaturated/α-hetero) is 1. The maximum atomic E-state index is 13.5. The van der Waals surface area contributed by atoms with Gasteiger partial charge in [-0.15, -0.1) is 0 Å². The molecule has 0 bridgehead atoms. The number of ketones is 1. The Balaban J connectivity index is 1.82. The summed E-state index contributed by atoms with van der Waals surface area (Å²) < 4.78 is 10.3. The minimum absolute atomic E-state index is 0.00787. The van der Waals surface area contributed by atoms with Gasteiger partial charge < -0.3 is 19.9 Å². The maximum Gasteiger partial charge on any atom is 0.336 e. The van der Waals surface area contributed by atoms with Crippen LogP contribution in [0.4, 0.5) is 0 Å². The number of nitrogens with one attached hydrogen (secondary N) is 1. The SMILES string of the molecule is COC(=O)C1=C(C)NC2=C(C(=O)CC(c3ccc(Cl)cc3)C2)C1c1ccc(O)c(OC)c1. The lowest BCUT2D eigenvalue weighted by molar-refractivity contribution is -0.136. The van der Waals surface area contributed by atoms with Crippen molar-refractivity contribution in [3.8, 4) is 11.5 Å². The van der Waals surface area contributed by atoms with E-state index in [2.05, 4.69) is 5.32 Å². The molecule has 2 aromatic carbocycles. The van der Waals surface area contributed by atoms with Gasteiger partial charge in [-0.2, -0.15) is 0 Å². The van der Waals surface area contributed by atoms with Crippen molar-refractivity contribution in [2.45, 2.75) is 31.6 Å². The molecule has 0 fully saturated rings. The second-order valence-electron chi connectivity index (χ2n) is 7.99. The number of carbonyl (C=O) groups excluding carboxylic acids is 2. The van der Waals surface area contributed by atoms with Crippen LogP contribution < -0.4 is 10.1 Å². The van der Waals surface area contributed by atoms with Gasteiger partial charge in [0, 0.05) is 34.3 Å². The number of phenolic OH excluding ortho intramolecular Hbond substituents is 1. The summed E-state index contributed by atoms with van der Waals surface area (Å²) in [6.07, 6.45) is 0.946. The predicted octanol–water partition coefficient (Wildman–Crippen LogP) is 4.59. The van der Waals surface area contributed by atoms with Crippen LogP contribution in [0.1, 0.15) is 42.7 Å². The number of carbonyl (C=O) groups is 2. The average molecular weight is 454 g/mol. The van der Waals surface area contributed by atoms with Crippen LogP contribution in [0.3, 0.4) is 0 Å². The molecule has 0 spiro atoms. The van der Waals surface area contributed by atoms with Crippen LogP contribution >= 0.6 is 11.6 Å². The number of ether oxygens (including phenoxy) is 2. The fourth-order valence-corrected chi connectivity index (χ4v) is 4.72. The van der Waals surface area contributed by atoms with E-state index in [0.29, 0.717) is 40.3 Å². The second kappa shape index (κ2) is 8.71. The van der Waals surface area contributed by atoms with Crippen LogP contribution in [-0.4, -0.2) is 31.1 Å². The molecule has 1 aliphatic carbocycles. The number of aromatic hydroxyl groups is 1. The molecule has 2 unspecified atom stereocenters. The maximum absolute atomic E-state index is 13.5. The van der Waals surface area contributed by atoms with Crippen LogP contribution in [-0.2, 0) is 14.3 Å². The molecular formula is C25H24ClNO5. The van der Waals surface area contributed by atoms with E-state index in [1.807, 2.05) is 24.3 Å². The Morgan fingerprint density at radius 3 is 2.44 bits per heavy atom. The molecule has 2 atom stereocenters. The molecule has 6 nitrogen and oxygen atoms in total. The topological polar surface area (TPSA) is 84.9 Å². The first-order valence-electron chi connectivity index (χ1n) is 10.3. The zero-order valence-corrected chi connectivity index (χ0v) is 18.8. The smallest absolute Gasteiger partial charge is 0.336 e. The number of allylic oxidation sites excluding steroid dienone is 3. The normalized spacial score (nSPS) is 20.6. The van der Waals surface area contributed by atoms with E-state index >= 15 is 0 Å². The molecule has 166 valence electrons. The number of methoxy groups -OCH3 is 2. The molecule has 2 N–H and O–H groups in total. The Kier molecular flexibility index (Phi) is 5.98. The van der Waals surface area contributed by atoms with Crippen molar-refractivity contribution in [3.05, 3.63) is 81.2 Å². The highest BCUT2D eigenvalue weighted by atomic mass is 35.5. The molecule has 2 aromatic rings. The van der Waals surface area contributed by atoms with E-state index in [-0.39, 0.29) is 23.2 Å². The van der Waals surface area contributed by atoms with Gasteiger partial charge in [-0.3, -0.25) is 4.79 Å². The van der Waals surface area contributed by atoms with Crippen molar-refractivity contribution in [1.29, 1.82) is 0 Å². The van der Waals surface area contributed by atoms with Crippen LogP contribution in [0.2, 0.25) is 5.02 Å². The van der Waals surface area contributed by atoms with Gasteiger partial charge in [-0.05, 0) is 54.7 Å². The Bertz CT molecular complexity index is 1150. The van der Waals surface area contributed by atoms with Gasteiger partial charge in [-0.25, -0.2) is 4.79 Å². The van der Waals surface area contributed by atoms with Crippen molar-refractivity contribution in [2.75, 3.05) is 14.2 Å². The Morgan fingerprint density at radius 2 is 1.78 bits per heavy atom. The molecule has 32 heavy (non-hydrogen) atoms. The number of rotatable bonds is 4. The highest BCUT2D eigenvalue weighted by Crippen LogP contribution is 2.46. The summed E-state index contributed by atoms with van der Waals surface area (Å²) in [5.74, 6) is -0.902. The molecule has 7 heteroatoms. The summed E-state index contributed by atoms with van der Waals surface area (Å²) in [6, 6.07) is 12.4. The predicted molar refractivity (Wildman–Crippen MR) is 121 cm³/mol. The van der Waals surface area contributed by atoms with Crippen LogP contribution in [0.15, 0.2) is 65.0 Å². The van der Waals surface area contributed by atoms with Crippen LogP contribution in [0, 0.1) is 0 Å². The lowest BCUT2D eigenvalue weighted by atomic mass is 9.71. The molecule has 0 aromatic heterocycles. The molecule has 2 aliphatic rings. The zero-order chi connectivity index (χ0) is 23.0. The van der Waals surface area contributed by atoms with E-state index in [4.69, 9.17) is 21.1 Å². The summed E-state index contributed by atoms with van der Waals surface area (Å²) in [6.45, 7) is 1.80. The number of hydrogen-bond donors (Lipinski definition) is 2. The largest absolute Gasteiger partial charge is 0.504 e. The molecule has 0 radical (unpaired) electrons. The minimum atomic E-state index is -0.619. The number of halogens is 1. The van der Waals surface area contributed by atoms with E-state index in [0.717, 1.165) is 11.3 Å². The minimum Gasteiger partial charge on any atom is -0.504 e. The Morgan fingerprint density at radius 1 is 1.09 bits per heavy atom. The summed E-state index contributed by atoms with van der Waals surface area (Å²) in [5.41, 5.74) is 4.07. The van der Waals surface area contributed by atoms with Crippen molar-refractivity contribution >= 4 is 23.4 Å². The number of esters is 1. The third kappa shape index (κ3) is 3.86. The molecule has 0 saturated carbocycles. The number of hydrogen-bond acceptors (Lipinski definition) is 6. The first-order valence-corrected chi connectivity index (χ1v) is 10.7. The first-order chi connectivity index (χ1) is 15.3. The van der Waals surface area contributed by atoms with E-state index < -0.39 is 11.9 Å². The summed E-state index contributed by atoms with van der Waals surface area (Å²) >= 11 is 6.02. The highest BCUT2D eigenvalue weighted by Gasteiger charge is 2.41. The van der Waals surface area contributed by atoms with E-state index in [9.17, 15) is 14.7 Å². The van der Waals surface area contributed by atoms with Gasteiger partial charge >= 0.3 is 5.97 Å². The second-order valence-corrected chi connectivity index (χ2v) is 8.43. The van der Waals surface area contributed by atoms with Crippen LogP contribution in [0.25, 0.3) is 0 Å². The third-order valence-corrected chi connectivity index (χ3v) is 6.36. The van der Waals surface area contributed by atoms with E-state index in [1.54, 1.807) is 19.1 Å². The van der Waals surface area contributed by atoms with Crippen LogP contribution in [0.5, 0.6) is 11.5 Å². The zero-order valence-electron chi connectivity index (χ0n) is 18.1. The highest BCUT2D eigenvalue weighted by molar-refractivity contribution is 6.30. The van der Waals surface area contributed by atoms with E-state index in [1.165, 1.54) is 20.3 Å². The number of dihydropyridines is 1. The number of benzene rings is 2. The van der Waals surface area contributed by atoms with Gasteiger partial charge in [-0.1, -0.05) is 29.8 Å². The average Bonchev–Trinajstić information content (AvgIpc) is 2.78. The molecule has 0 saturated heterocycles. The fourth-order valence-electron chi connectivity index (χ4n) is 4.60. The molecule has 1 aliphatic heterocycles. The standard InChI is InChI=1S/C25H24ClNO5/c1-13-22(25(30)32-3)23(15-6-9-19(28)21(12-15)31-2)24-18(27-13)10-16(11-20(24)29)14-4-7-17(26)8-5-14/h4-9,12,16,23,27-28H,10-11H2,1-3H3. The third-order valence-electron chi connectivity index (χ3n) is 6.11. The quantitative estimate of drug-likeness (QED) is 0.659. The summed E-state index contributed by atoms with van der Waals surface area (Å²) in [7, 11) is 2.77. The van der Waals surface area contributed by atoms with Gasteiger partial charge in [0.1, 0.15) is 0 Å². The van der Waals surface area contributed by atoms with Gasteiger partial charge in [0.25, 0.3) is 0 Å². The molecule has 1 heterocycles. The van der Waals surface area contributed by atoms with Gasteiger partial charge in [0.05, 0.1) is 19.8 Å². The van der Waals surface area contributed by atoms with Crippen molar-refractivity contribution in [3.63, 3.8) is 0 Å². The van der Waals surface area contributed by atoms with Crippen molar-refractivity contribution in [1.82, 2.24) is 5.32 Å². The Hall–Kier alpha value is -3.25. The summed E-state index contributed by atoms with van der Waals surface area (Å²) in [4.78, 5) is 26.2. The monoisotopic (exact) mass is 453 g/mol. The number of phenols is 1. The fraction of sp³-hybridized carbons (Fsp3) is 0.280. The van der Waals surface area contributed by atoms with Crippen molar-refractivity contribution < 1.29 is 24.2 Å². The molecule has 4 rings (SSSR count). The summed E-state index contributed by atoms with van der Waals surface area (Å²) in [5, 5.41) is 14.0. The lowest BCUT2D eigenvalue weighted by Crippen LogP contribution is -2.36. The molecular weight excluding hydrogens is 430 g/mol. The molecule has 0 amide bonds. The Labute approximate surface area is 191 Å². The lowest BCUT2D eigenvalue weighted by Gasteiger charge is -2.36. The first kappa shape index (κ1) is 22.0. The van der Waals surface area contributed by atoms with Gasteiger partial charge in [0.15, 0.2) is 17.3 Å². The van der Waals surface area contributed by atoms with Crippen molar-refractivity contribution in [2.24, 2.45) is 0 Å².